The van der Waals surface area contributed by atoms with Crippen LogP contribution in [0.4, 0.5) is 0 Å². The summed E-state index contributed by atoms with van der Waals surface area (Å²) in [5.41, 5.74) is 0.0468. The van der Waals surface area contributed by atoms with Gasteiger partial charge in [0.1, 0.15) is 6.79 Å². The maximum atomic E-state index is 5.70. The third-order valence-corrected chi connectivity index (χ3v) is 3.14. The molecule has 0 saturated carbocycles. The zero-order chi connectivity index (χ0) is 10.6. The Morgan fingerprint density at radius 2 is 2.33 bits per heavy atom. The van der Waals surface area contributed by atoms with Crippen molar-refractivity contribution in [1.82, 2.24) is 5.32 Å². The van der Waals surface area contributed by atoms with Crippen LogP contribution in [0.3, 0.4) is 0 Å². The molecule has 0 aromatic rings. The van der Waals surface area contributed by atoms with Gasteiger partial charge in [-0.25, -0.2) is 0 Å². The zero-order valence-electron chi connectivity index (χ0n) is 9.46. The molecule has 0 bridgehead atoms. The Morgan fingerprint density at radius 3 is 3.00 bits per heavy atom. The molecule has 0 aliphatic carbocycles. The van der Waals surface area contributed by atoms with Gasteiger partial charge in [0, 0.05) is 19.7 Å². The zero-order valence-corrected chi connectivity index (χ0v) is 9.46. The van der Waals surface area contributed by atoms with Gasteiger partial charge in [0.05, 0.1) is 18.3 Å². The van der Waals surface area contributed by atoms with Crippen LogP contribution < -0.4 is 5.32 Å². The van der Waals surface area contributed by atoms with Gasteiger partial charge in [0.25, 0.3) is 0 Å². The van der Waals surface area contributed by atoms with Crippen molar-refractivity contribution in [3.63, 3.8) is 0 Å². The van der Waals surface area contributed by atoms with Crippen molar-refractivity contribution in [3.8, 4) is 0 Å². The molecule has 4 nitrogen and oxygen atoms in total. The largest absolute Gasteiger partial charge is 0.374 e. The first-order valence-electron chi connectivity index (χ1n) is 5.83. The molecule has 2 rings (SSSR count). The molecule has 2 atom stereocenters. The summed E-state index contributed by atoms with van der Waals surface area (Å²) in [6, 6.07) is 0. The fourth-order valence-corrected chi connectivity index (χ4v) is 2.14. The monoisotopic (exact) mass is 215 g/mol. The first kappa shape index (κ1) is 11.3. The minimum atomic E-state index is 0.0468. The van der Waals surface area contributed by atoms with Crippen molar-refractivity contribution in [1.29, 1.82) is 0 Å². The van der Waals surface area contributed by atoms with Gasteiger partial charge in [-0.3, -0.25) is 0 Å². The molecular weight excluding hydrogens is 194 g/mol. The minimum absolute atomic E-state index is 0.0468. The van der Waals surface area contributed by atoms with E-state index in [1.165, 1.54) is 6.42 Å². The fraction of sp³-hybridized carbons (Fsp3) is 1.00. The molecule has 15 heavy (non-hydrogen) atoms. The Balaban J connectivity index is 1.61. The number of rotatable bonds is 4. The van der Waals surface area contributed by atoms with E-state index >= 15 is 0 Å². The number of hydrogen-bond acceptors (Lipinski definition) is 4. The average Bonchev–Trinajstić information content (AvgIpc) is 2.67. The highest BCUT2D eigenvalue weighted by Gasteiger charge is 2.29. The molecule has 0 spiro atoms. The highest BCUT2D eigenvalue weighted by Crippen LogP contribution is 2.23. The van der Waals surface area contributed by atoms with Crippen molar-refractivity contribution >= 4 is 0 Å². The van der Waals surface area contributed by atoms with Gasteiger partial charge in [0.2, 0.25) is 0 Å². The van der Waals surface area contributed by atoms with E-state index in [2.05, 4.69) is 12.2 Å². The molecule has 2 heterocycles. The highest BCUT2D eigenvalue weighted by atomic mass is 16.7. The summed E-state index contributed by atoms with van der Waals surface area (Å²) >= 11 is 0. The standard InChI is InChI=1S/C11H21NO3/c1-11(4-2-5-15-11)8-12-7-10-3-6-13-9-14-10/h10,12H,2-9H2,1H3. The van der Waals surface area contributed by atoms with E-state index in [0.29, 0.717) is 12.9 Å². The average molecular weight is 215 g/mol. The molecule has 4 heteroatoms. The number of ether oxygens (including phenoxy) is 3. The second kappa shape index (κ2) is 5.25. The predicted octanol–water partition coefficient (Wildman–Crippen LogP) is 0.908. The molecule has 2 saturated heterocycles. The van der Waals surface area contributed by atoms with Crippen LogP contribution in [0.2, 0.25) is 0 Å². The van der Waals surface area contributed by atoms with Gasteiger partial charge in [-0.1, -0.05) is 0 Å². The predicted molar refractivity (Wildman–Crippen MR) is 56.8 cm³/mol. The topological polar surface area (TPSA) is 39.7 Å². The first-order valence-corrected chi connectivity index (χ1v) is 5.83. The van der Waals surface area contributed by atoms with Crippen LogP contribution in [0.15, 0.2) is 0 Å². The van der Waals surface area contributed by atoms with Crippen molar-refractivity contribution < 1.29 is 14.2 Å². The second-order valence-electron chi connectivity index (χ2n) is 4.64. The van der Waals surface area contributed by atoms with Crippen molar-refractivity contribution in [2.24, 2.45) is 0 Å². The van der Waals surface area contributed by atoms with Crippen LogP contribution in [-0.2, 0) is 14.2 Å². The molecule has 88 valence electrons. The summed E-state index contributed by atoms with van der Waals surface area (Å²) in [5.74, 6) is 0. The lowest BCUT2D eigenvalue weighted by molar-refractivity contribution is -0.137. The molecule has 0 aromatic carbocycles. The normalized spacial score (nSPS) is 37.0. The van der Waals surface area contributed by atoms with Gasteiger partial charge in [-0.05, 0) is 26.2 Å². The van der Waals surface area contributed by atoms with Crippen LogP contribution in [0, 0.1) is 0 Å². The van der Waals surface area contributed by atoms with Crippen LogP contribution in [0.1, 0.15) is 26.2 Å². The van der Waals surface area contributed by atoms with E-state index < -0.39 is 0 Å². The van der Waals surface area contributed by atoms with E-state index in [9.17, 15) is 0 Å². The van der Waals surface area contributed by atoms with E-state index in [0.717, 1.165) is 39.1 Å². The van der Waals surface area contributed by atoms with Crippen LogP contribution in [0.25, 0.3) is 0 Å². The lowest BCUT2D eigenvalue weighted by Gasteiger charge is -2.27. The van der Waals surface area contributed by atoms with E-state index in [-0.39, 0.29) is 5.60 Å². The lowest BCUT2D eigenvalue weighted by atomic mass is 10.0. The Labute approximate surface area is 91.3 Å². The third-order valence-electron chi connectivity index (χ3n) is 3.14. The molecule has 0 radical (unpaired) electrons. The molecule has 2 unspecified atom stereocenters. The minimum Gasteiger partial charge on any atom is -0.374 e. The van der Waals surface area contributed by atoms with Crippen molar-refractivity contribution in [3.05, 3.63) is 0 Å². The van der Waals surface area contributed by atoms with E-state index in [1.807, 2.05) is 0 Å². The van der Waals surface area contributed by atoms with E-state index in [1.54, 1.807) is 0 Å². The summed E-state index contributed by atoms with van der Waals surface area (Å²) in [6.45, 7) is 6.18. The fourth-order valence-electron chi connectivity index (χ4n) is 2.14. The van der Waals surface area contributed by atoms with Gasteiger partial charge in [-0.15, -0.1) is 0 Å². The summed E-state index contributed by atoms with van der Waals surface area (Å²) < 4.78 is 16.3. The molecule has 1 N–H and O–H groups in total. The summed E-state index contributed by atoms with van der Waals surface area (Å²) in [6.07, 6.45) is 3.65. The maximum absolute atomic E-state index is 5.70. The van der Waals surface area contributed by atoms with Crippen LogP contribution in [0.5, 0.6) is 0 Å². The quantitative estimate of drug-likeness (QED) is 0.756. The highest BCUT2D eigenvalue weighted by molar-refractivity contribution is 4.82. The third kappa shape index (κ3) is 3.41. The van der Waals surface area contributed by atoms with Crippen molar-refractivity contribution in [2.45, 2.75) is 37.9 Å². The summed E-state index contributed by atoms with van der Waals surface area (Å²) in [5, 5.41) is 3.43. The smallest absolute Gasteiger partial charge is 0.147 e. The molecule has 0 amide bonds. The molecular formula is C11H21NO3. The Morgan fingerprint density at radius 1 is 1.40 bits per heavy atom. The first-order chi connectivity index (χ1) is 7.29. The van der Waals surface area contributed by atoms with E-state index in [4.69, 9.17) is 14.2 Å². The van der Waals surface area contributed by atoms with Crippen LogP contribution in [-0.4, -0.2) is 44.8 Å². The Hall–Kier alpha value is -0.160. The number of hydrogen-bond donors (Lipinski definition) is 1. The molecule has 2 aliphatic rings. The lowest BCUT2D eigenvalue weighted by Crippen LogP contribution is -2.42. The summed E-state index contributed by atoms with van der Waals surface area (Å²) in [7, 11) is 0. The Kier molecular flexibility index (Phi) is 3.97. The van der Waals surface area contributed by atoms with Crippen LogP contribution >= 0.6 is 0 Å². The van der Waals surface area contributed by atoms with Gasteiger partial charge in [-0.2, -0.15) is 0 Å². The Bertz CT molecular complexity index is 186. The molecule has 2 aliphatic heterocycles. The van der Waals surface area contributed by atoms with Crippen molar-refractivity contribution in [2.75, 3.05) is 33.1 Å². The SMILES string of the molecule is CC1(CNCC2CCOCO2)CCCO1. The van der Waals surface area contributed by atoms with Gasteiger partial charge >= 0.3 is 0 Å². The summed E-state index contributed by atoms with van der Waals surface area (Å²) in [4.78, 5) is 0. The second-order valence-corrected chi connectivity index (χ2v) is 4.64. The number of nitrogens with one attached hydrogen (secondary N) is 1. The van der Waals surface area contributed by atoms with Gasteiger partial charge < -0.3 is 19.5 Å². The maximum Gasteiger partial charge on any atom is 0.147 e. The van der Waals surface area contributed by atoms with Gasteiger partial charge in [0.15, 0.2) is 0 Å². The molecule has 2 fully saturated rings. The molecule has 0 aromatic heterocycles.